The molecular formula is C18H19FN2O4. The van der Waals surface area contributed by atoms with Crippen LogP contribution >= 0.6 is 0 Å². The van der Waals surface area contributed by atoms with Crippen LogP contribution in [0, 0.1) is 5.82 Å². The summed E-state index contributed by atoms with van der Waals surface area (Å²) >= 11 is 0. The summed E-state index contributed by atoms with van der Waals surface area (Å²) < 4.78 is 23.3. The third-order valence-corrected chi connectivity index (χ3v) is 3.49. The van der Waals surface area contributed by atoms with E-state index in [2.05, 4.69) is 5.32 Å². The molecule has 0 bridgehead atoms. The van der Waals surface area contributed by atoms with Gasteiger partial charge in [-0.25, -0.2) is 4.39 Å². The Bertz CT molecular complexity index is 762. The molecular weight excluding hydrogens is 327 g/mol. The van der Waals surface area contributed by atoms with Crippen molar-refractivity contribution >= 4 is 23.2 Å². The molecule has 2 amide bonds. The first-order chi connectivity index (χ1) is 11.9. The van der Waals surface area contributed by atoms with Crippen LogP contribution in [0.1, 0.15) is 6.92 Å². The zero-order chi connectivity index (χ0) is 18.4. The summed E-state index contributed by atoms with van der Waals surface area (Å²) in [6, 6.07) is 10.3. The molecule has 2 aromatic rings. The second-order valence-electron chi connectivity index (χ2n) is 5.20. The van der Waals surface area contributed by atoms with E-state index in [1.165, 1.54) is 50.3 Å². The van der Waals surface area contributed by atoms with E-state index < -0.39 is 11.7 Å². The van der Waals surface area contributed by atoms with E-state index in [1.807, 2.05) is 0 Å². The van der Waals surface area contributed by atoms with Gasteiger partial charge in [0, 0.05) is 18.7 Å². The molecule has 2 aromatic carbocycles. The quantitative estimate of drug-likeness (QED) is 0.873. The maximum atomic E-state index is 12.9. The number of amides is 2. The van der Waals surface area contributed by atoms with Crippen molar-refractivity contribution in [2.45, 2.75) is 6.92 Å². The van der Waals surface area contributed by atoms with Gasteiger partial charge in [0.25, 0.3) is 0 Å². The molecule has 0 saturated heterocycles. The van der Waals surface area contributed by atoms with Crippen LogP contribution in [0.4, 0.5) is 15.8 Å². The predicted molar refractivity (Wildman–Crippen MR) is 92.6 cm³/mol. The normalized spacial score (nSPS) is 10.1. The van der Waals surface area contributed by atoms with E-state index in [9.17, 15) is 14.0 Å². The van der Waals surface area contributed by atoms with E-state index in [0.29, 0.717) is 22.9 Å². The number of halogens is 1. The van der Waals surface area contributed by atoms with E-state index in [1.54, 1.807) is 18.2 Å². The molecule has 1 N–H and O–H groups in total. The Balaban J connectivity index is 2.19. The lowest BCUT2D eigenvalue weighted by atomic mass is 10.2. The molecule has 0 aliphatic heterocycles. The van der Waals surface area contributed by atoms with Gasteiger partial charge >= 0.3 is 0 Å². The molecule has 0 unspecified atom stereocenters. The summed E-state index contributed by atoms with van der Waals surface area (Å²) in [7, 11) is 2.99. The molecule has 0 spiro atoms. The highest BCUT2D eigenvalue weighted by molar-refractivity contribution is 6.02. The van der Waals surface area contributed by atoms with Gasteiger partial charge in [-0.1, -0.05) is 0 Å². The molecule has 2 rings (SSSR count). The van der Waals surface area contributed by atoms with Crippen molar-refractivity contribution in [3.8, 4) is 11.5 Å². The monoisotopic (exact) mass is 346 g/mol. The topological polar surface area (TPSA) is 67.9 Å². The number of benzene rings is 2. The lowest BCUT2D eigenvalue weighted by Gasteiger charge is -2.23. The number of nitrogens with zero attached hydrogens (tertiary/aromatic N) is 1. The van der Waals surface area contributed by atoms with E-state index in [4.69, 9.17) is 9.47 Å². The summed E-state index contributed by atoms with van der Waals surface area (Å²) in [5.41, 5.74) is 0.890. The summed E-state index contributed by atoms with van der Waals surface area (Å²) in [5.74, 6) is -0.160. The van der Waals surface area contributed by atoms with Gasteiger partial charge in [-0.3, -0.25) is 14.5 Å². The number of carbonyl (C=O) groups is 2. The number of hydrogen-bond acceptors (Lipinski definition) is 4. The number of hydrogen-bond donors (Lipinski definition) is 1. The molecule has 6 nitrogen and oxygen atoms in total. The smallest absolute Gasteiger partial charge is 0.244 e. The van der Waals surface area contributed by atoms with Gasteiger partial charge in [-0.2, -0.15) is 0 Å². The summed E-state index contributed by atoms with van der Waals surface area (Å²) in [5, 5.41) is 2.62. The number of rotatable bonds is 6. The maximum absolute atomic E-state index is 12.9. The largest absolute Gasteiger partial charge is 0.497 e. The fourth-order valence-corrected chi connectivity index (χ4v) is 2.25. The third-order valence-electron chi connectivity index (χ3n) is 3.49. The zero-order valence-electron chi connectivity index (χ0n) is 14.2. The van der Waals surface area contributed by atoms with Gasteiger partial charge in [0.15, 0.2) is 0 Å². The molecule has 0 saturated carbocycles. The van der Waals surface area contributed by atoms with Gasteiger partial charge in [-0.15, -0.1) is 0 Å². The molecule has 0 atom stereocenters. The Morgan fingerprint density at radius 2 is 1.76 bits per heavy atom. The second-order valence-corrected chi connectivity index (χ2v) is 5.20. The Morgan fingerprint density at radius 3 is 2.32 bits per heavy atom. The average Bonchev–Trinajstić information content (AvgIpc) is 2.61. The predicted octanol–water partition coefficient (Wildman–Crippen LogP) is 2.83. The van der Waals surface area contributed by atoms with Crippen molar-refractivity contribution in [2.75, 3.05) is 31.0 Å². The van der Waals surface area contributed by atoms with Gasteiger partial charge < -0.3 is 14.8 Å². The molecule has 25 heavy (non-hydrogen) atoms. The highest BCUT2D eigenvalue weighted by Crippen LogP contribution is 2.32. The minimum Gasteiger partial charge on any atom is -0.497 e. The fraction of sp³-hybridized carbons (Fsp3) is 0.222. The van der Waals surface area contributed by atoms with Gasteiger partial charge in [0.2, 0.25) is 11.8 Å². The number of anilines is 2. The lowest BCUT2D eigenvalue weighted by molar-refractivity contribution is -0.120. The van der Waals surface area contributed by atoms with Crippen LogP contribution in [0.5, 0.6) is 11.5 Å². The molecule has 132 valence electrons. The van der Waals surface area contributed by atoms with Crippen LogP contribution in [0.25, 0.3) is 0 Å². The first-order valence-electron chi connectivity index (χ1n) is 7.50. The maximum Gasteiger partial charge on any atom is 0.244 e. The van der Waals surface area contributed by atoms with Crippen LogP contribution in [-0.2, 0) is 9.59 Å². The molecule has 7 heteroatoms. The van der Waals surface area contributed by atoms with Crippen LogP contribution in [-0.4, -0.2) is 32.6 Å². The fourth-order valence-electron chi connectivity index (χ4n) is 2.25. The zero-order valence-corrected chi connectivity index (χ0v) is 14.2. The number of methoxy groups -OCH3 is 2. The number of nitrogens with one attached hydrogen (secondary N) is 1. The summed E-state index contributed by atoms with van der Waals surface area (Å²) in [4.78, 5) is 25.5. The van der Waals surface area contributed by atoms with E-state index in [0.717, 1.165) is 0 Å². The highest BCUT2D eigenvalue weighted by atomic mass is 19.1. The first kappa shape index (κ1) is 18.3. The summed E-state index contributed by atoms with van der Waals surface area (Å²) in [6.07, 6.45) is 0. The van der Waals surface area contributed by atoms with Crippen molar-refractivity contribution in [1.82, 2.24) is 0 Å². The van der Waals surface area contributed by atoms with Crippen molar-refractivity contribution in [3.05, 3.63) is 48.3 Å². The minimum atomic E-state index is -0.417. The van der Waals surface area contributed by atoms with Crippen molar-refractivity contribution in [3.63, 3.8) is 0 Å². The van der Waals surface area contributed by atoms with Crippen molar-refractivity contribution in [1.29, 1.82) is 0 Å². The van der Waals surface area contributed by atoms with Crippen LogP contribution in [0.3, 0.4) is 0 Å². The lowest BCUT2D eigenvalue weighted by Crippen LogP contribution is -2.36. The third kappa shape index (κ3) is 4.69. The van der Waals surface area contributed by atoms with Crippen LogP contribution < -0.4 is 19.7 Å². The molecule has 0 radical (unpaired) electrons. The molecule has 0 heterocycles. The van der Waals surface area contributed by atoms with Gasteiger partial charge in [-0.05, 0) is 36.4 Å². The standard InChI is InChI=1S/C18H19FN2O4/c1-12(22)21(16-9-8-15(24-2)10-17(16)25-3)11-18(23)20-14-6-4-13(19)5-7-14/h4-10H,11H2,1-3H3,(H,20,23). The first-order valence-corrected chi connectivity index (χ1v) is 7.50. The van der Waals surface area contributed by atoms with Crippen molar-refractivity contribution in [2.24, 2.45) is 0 Å². The molecule has 0 aliphatic rings. The van der Waals surface area contributed by atoms with E-state index >= 15 is 0 Å². The Hall–Kier alpha value is -3.09. The average molecular weight is 346 g/mol. The Kier molecular flexibility index (Phi) is 5.94. The van der Waals surface area contributed by atoms with Crippen LogP contribution in [0.2, 0.25) is 0 Å². The van der Waals surface area contributed by atoms with Crippen molar-refractivity contribution < 1.29 is 23.5 Å². The van der Waals surface area contributed by atoms with Crippen LogP contribution in [0.15, 0.2) is 42.5 Å². The SMILES string of the molecule is COc1ccc(N(CC(=O)Nc2ccc(F)cc2)C(C)=O)c(OC)c1. The molecule has 0 aliphatic carbocycles. The number of carbonyl (C=O) groups excluding carboxylic acids is 2. The second kappa shape index (κ2) is 8.14. The summed E-state index contributed by atoms with van der Waals surface area (Å²) in [6.45, 7) is 1.14. The Morgan fingerprint density at radius 1 is 1.08 bits per heavy atom. The van der Waals surface area contributed by atoms with E-state index in [-0.39, 0.29) is 12.5 Å². The molecule has 0 aromatic heterocycles. The van der Waals surface area contributed by atoms with Gasteiger partial charge in [0.05, 0.1) is 19.9 Å². The number of ether oxygens (including phenoxy) is 2. The highest BCUT2D eigenvalue weighted by Gasteiger charge is 2.20. The Labute approximate surface area is 145 Å². The molecule has 0 fully saturated rings. The minimum absolute atomic E-state index is 0.213. The van der Waals surface area contributed by atoms with Gasteiger partial charge in [0.1, 0.15) is 23.9 Å².